The van der Waals surface area contributed by atoms with Gasteiger partial charge in [-0.05, 0) is 32.9 Å². The van der Waals surface area contributed by atoms with Gasteiger partial charge in [0.1, 0.15) is 0 Å². The van der Waals surface area contributed by atoms with E-state index in [-0.39, 0.29) is 6.04 Å². The normalized spacial score (nSPS) is 12.4. The molecule has 2 aromatic rings. The van der Waals surface area contributed by atoms with Crippen LogP contribution in [0.2, 0.25) is 0 Å². The number of benzene rings is 1. The lowest BCUT2D eigenvalue weighted by Gasteiger charge is -2.18. The minimum atomic E-state index is -0.247. The Balaban J connectivity index is 2.29. The first kappa shape index (κ1) is 12.6. The molecule has 0 bridgehead atoms. The van der Waals surface area contributed by atoms with E-state index in [1.807, 2.05) is 30.9 Å². The first-order chi connectivity index (χ1) is 8.61. The zero-order chi connectivity index (χ0) is 13.1. The Kier molecular flexibility index (Phi) is 3.62. The molecule has 0 spiro atoms. The van der Waals surface area contributed by atoms with E-state index in [1.165, 1.54) is 5.56 Å². The van der Waals surface area contributed by atoms with Gasteiger partial charge in [0.2, 0.25) is 5.89 Å². The van der Waals surface area contributed by atoms with Crippen molar-refractivity contribution >= 4 is 11.7 Å². The van der Waals surface area contributed by atoms with Crippen LogP contribution in [0.3, 0.4) is 0 Å². The highest BCUT2D eigenvalue weighted by atomic mass is 16.4. The van der Waals surface area contributed by atoms with Gasteiger partial charge in [-0.2, -0.15) is 0 Å². The van der Waals surface area contributed by atoms with Crippen LogP contribution in [0.4, 0.5) is 11.7 Å². The van der Waals surface area contributed by atoms with E-state index < -0.39 is 0 Å². The minimum absolute atomic E-state index is 0.247. The summed E-state index contributed by atoms with van der Waals surface area (Å²) < 4.78 is 5.56. The third-order valence-corrected chi connectivity index (χ3v) is 2.71. The molecule has 18 heavy (non-hydrogen) atoms. The predicted octanol–water partition coefficient (Wildman–Crippen LogP) is 2.56. The Morgan fingerprint density at radius 2 is 1.94 bits per heavy atom. The first-order valence-electron chi connectivity index (χ1n) is 6.05. The summed E-state index contributed by atoms with van der Waals surface area (Å²) in [6.07, 6.45) is 0. The van der Waals surface area contributed by atoms with E-state index >= 15 is 0 Å². The molecule has 0 aliphatic heterocycles. The van der Waals surface area contributed by atoms with E-state index in [4.69, 9.17) is 10.2 Å². The molecule has 1 heterocycles. The molecule has 1 aromatic carbocycles. The van der Waals surface area contributed by atoms with Crippen molar-refractivity contribution in [2.45, 2.75) is 26.8 Å². The van der Waals surface area contributed by atoms with Crippen LogP contribution in [0, 0.1) is 6.92 Å². The fraction of sp³-hybridized carbons (Fsp3) is 0.385. The molecule has 2 N–H and O–H groups in total. The van der Waals surface area contributed by atoms with Gasteiger partial charge in [0.25, 0.3) is 0 Å². The molecular formula is C13H18N4O. The van der Waals surface area contributed by atoms with Crippen LogP contribution in [0.5, 0.6) is 0 Å². The van der Waals surface area contributed by atoms with E-state index in [1.54, 1.807) is 0 Å². The Morgan fingerprint density at radius 1 is 1.28 bits per heavy atom. The van der Waals surface area contributed by atoms with Gasteiger partial charge in [0.05, 0.1) is 6.04 Å². The summed E-state index contributed by atoms with van der Waals surface area (Å²) in [4.78, 5) is 1.96. The standard InChI is InChI=1S/C13H18N4O/c1-4-17(11-7-5-9(2)6-8-11)13-16-15-12(18-13)10(3)14/h5-8,10H,4,14H2,1-3H3. The van der Waals surface area contributed by atoms with Crippen molar-refractivity contribution in [2.75, 3.05) is 11.4 Å². The van der Waals surface area contributed by atoms with Gasteiger partial charge in [-0.1, -0.05) is 22.8 Å². The van der Waals surface area contributed by atoms with Crippen molar-refractivity contribution in [3.05, 3.63) is 35.7 Å². The van der Waals surface area contributed by atoms with Gasteiger partial charge < -0.3 is 10.2 Å². The predicted molar refractivity (Wildman–Crippen MR) is 70.8 cm³/mol. The second-order valence-electron chi connectivity index (χ2n) is 4.29. The van der Waals surface area contributed by atoms with Crippen molar-refractivity contribution in [3.63, 3.8) is 0 Å². The first-order valence-corrected chi connectivity index (χ1v) is 6.05. The SMILES string of the molecule is CCN(c1ccc(C)cc1)c1nnc(C(C)N)o1. The minimum Gasteiger partial charge on any atom is -0.406 e. The highest BCUT2D eigenvalue weighted by Gasteiger charge is 2.16. The maximum Gasteiger partial charge on any atom is 0.322 e. The van der Waals surface area contributed by atoms with Gasteiger partial charge in [-0.25, -0.2) is 0 Å². The fourth-order valence-electron chi connectivity index (χ4n) is 1.67. The number of rotatable bonds is 4. The quantitative estimate of drug-likeness (QED) is 0.897. The average Bonchev–Trinajstić information content (AvgIpc) is 2.82. The summed E-state index contributed by atoms with van der Waals surface area (Å²) in [5.74, 6) is 0.454. The Morgan fingerprint density at radius 3 is 2.44 bits per heavy atom. The molecule has 5 nitrogen and oxygen atoms in total. The van der Waals surface area contributed by atoms with Gasteiger partial charge in [-0.15, -0.1) is 5.10 Å². The van der Waals surface area contributed by atoms with Crippen LogP contribution in [0.15, 0.2) is 28.7 Å². The molecule has 0 radical (unpaired) electrons. The molecule has 0 fully saturated rings. The number of nitrogens with two attached hydrogens (primary N) is 1. The van der Waals surface area contributed by atoms with Crippen molar-refractivity contribution in [3.8, 4) is 0 Å². The van der Waals surface area contributed by atoms with Crippen LogP contribution in [-0.4, -0.2) is 16.7 Å². The number of anilines is 2. The average molecular weight is 246 g/mol. The van der Waals surface area contributed by atoms with Gasteiger partial charge in [0, 0.05) is 12.2 Å². The van der Waals surface area contributed by atoms with Crippen LogP contribution >= 0.6 is 0 Å². The third kappa shape index (κ3) is 2.51. The number of hydrogen-bond acceptors (Lipinski definition) is 5. The Hall–Kier alpha value is -1.88. The van der Waals surface area contributed by atoms with E-state index in [0.29, 0.717) is 11.9 Å². The van der Waals surface area contributed by atoms with Crippen molar-refractivity contribution in [2.24, 2.45) is 5.73 Å². The number of aromatic nitrogens is 2. The molecule has 0 saturated carbocycles. The fourth-order valence-corrected chi connectivity index (χ4v) is 1.67. The molecule has 0 aliphatic carbocycles. The number of nitrogens with zero attached hydrogens (tertiary/aromatic N) is 3. The van der Waals surface area contributed by atoms with Crippen molar-refractivity contribution in [1.82, 2.24) is 10.2 Å². The van der Waals surface area contributed by atoms with Gasteiger partial charge >= 0.3 is 6.01 Å². The number of hydrogen-bond donors (Lipinski definition) is 1. The smallest absolute Gasteiger partial charge is 0.322 e. The van der Waals surface area contributed by atoms with Crippen LogP contribution < -0.4 is 10.6 Å². The van der Waals surface area contributed by atoms with Crippen molar-refractivity contribution < 1.29 is 4.42 Å². The van der Waals surface area contributed by atoms with Crippen LogP contribution in [-0.2, 0) is 0 Å². The van der Waals surface area contributed by atoms with Crippen LogP contribution in [0.25, 0.3) is 0 Å². The zero-order valence-electron chi connectivity index (χ0n) is 10.9. The highest BCUT2D eigenvalue weighted by molar-refractivity contribution is 5.56. The monoisotopic (exact) mass is 246 g/mol. The molecule has 2 rings (SSSR count). The maximum atomic E-state index is 5.71. The lowest BCUT2D eigenvalue weighted by Crippen LogP contribution is -2.16. The summed E-state index contributed by atoms with van der Waals surface area (Å²) in [6, 6.07) is 8.42. The Bertz CT molecular complexity index is 504. The summed E-state index contributed by atoms with van der Waals surface area (Å²) >= 11 is 0. The summed E-state index contributed by atoms with van der Waals surface area (Å²) in [5.41, 5.74) is 7.96. The molecule has 1 atom stereocenters. The Labute approximate surface area is 107 Å². The van der Waals surface area contributed by atoms with Crippen molar-refractivity contribution in [1.29, 1.82) is 0 Å². The summed E-state index contributed by atoms with van der Waals surface area (Å²) in [6.45, 7) is 6.67. The molecular weight excluding hydrogens is 228 g/mol. The number of aryl methyl sites for hydroxylation is 1. The zero-order valence-corrected chi connectivity index (χ0v) is 10.9. The van der Waals surface area contributed by atoms with Crippen LogP contribution in [0.1, 0.15) is 31.3 Å². The lowest BCUT2D eigenvalue weighted by atomic mass is 10.2. The molecule has 5 heteroatoms. The molecule has 0 aliphatic rings. The third-order valence-electron chi connectivity index (χ3n) is 2.71. The van der Waals surface area contributed by atoms with Gasteiger partial charge in [-0.3, -0.25) is 4.90 Å². The van der Waals surface area contributed by atoms with Gasteiger partial charge in [0.15, 0.2) is 0 Å². The lowest BCUT2D eigenvalue weighted by molar-refractivity contribution is 0.465. The molecule has 0 saturated heterocycles. The summed E-state index contributed by atoms with van der Waals surface area (Å²) in [5, 5.41) is 7.98. The highest BCUT2D eigenvalue weighted by Crippen LogP contribution is 2.25. The molecule has 1 aromatic heterocycles. The van der Waals surface area contributed by atoms with E-state index in [2.05, 4.69) is 29.3 Å². The topological polar surface area (TPSA) is 68.2 Å². The second kappa shape index (κ2) is 5.18. The largest absolute Gasteiger partial charge is 0.406 e. The van der Waals surface area contributed by atoms with E-state index in [9.17, 15) is 0 Å². The summed E-state index contributed by atoms with van der Waals surface area (Å²) in [7, 11) is 0. The molecule has 0 amide bonds. The molecule has 96 valence electrons. The van der Waals surface area contributed by atoms with E-state index in [0.717, 1.165) is 12.2 Å². The second-order valence-corrected chi connectivity index (χ2v) is 4.29. The molecule has 1 unspecified atom stereocenters. The maximum absolute atomic E-state index is 5.71.